The Labute approximate surface area is 108 Å². The lowest BCUT2D eigenvalue weighted by Gasteiger charge is -2.21. The van der Waals surface area contributed by atoms with E-state index < -0.39 is 0 Å². The summed E-state index contributed by atoms with van der Waals surface area (Å²) >= 11 is 0. The minimum atomic E-state index is -0.288. The number of nitrogens with zero attached hydrogens (tertiary/aromatic N) is 2. The highest BCUT2D eigenvalue weighted by Gasteiger charge is 2.18. The van der Waals surface area contributed by atoms with E-state index in [1.807, 2.05) is 0 Å². The molecule has 1 rings (SSSR count). The van der Waals surface area contributed by atoms with Crippen molar-refractivity contribution in [3.05, 3.63) is 24.0 Å². The topological polar surface area (TPSA) is 79.5 Å². The van der Waals surface area contributed by atoms with E-state index in [0.29, 0.717) is 12.5 Å². The van der Waals surface area contributed by atoms with Crippen LogP contribution in [-0.4, -0.2) is 40.5 Å². The molecule has 0 aliphatic carbocycles. The lowest BCUT2D eigenvalue weighted by Crippen LogP contribution is -2.35. The smallest absolute Gasteiger partial charge is 0.276 e. The van der Waals surface area contributed by atoms with Gasteiger partial charge >= 0.3 is 0 Å². The van der Waals surface area contributed by atoms with Crippen molar-refractivity contribution < 1.29 is 9.90 Å². The molecule has 100 valence electrons. The second kappa shape index (κ2) is 6.35. The number of carbonyl (C=O) groups excluding carboxylic acids is 1. The third kappa shape index (κ3) is 3.70. The Morgan fingerprint density at radius 3 is 2.78 bits per heavy atom. The van der Waals surface area contributed by atoms with Gasteiger partial charge in [-0.15, -0.1) is 0 Å². The molecule has 5 heteroatoms. The maximum Gasteiger partial charge on any atom is 0.276 e. The van der Waals surface area contributed by atoms with Crippen LogP contribution in [0.4, 0.5) is 0 Å². The molecule has 1 aromatic rings. The van der Waals surface area contributed by atoms with Crippen molar-refractivity contribution in [3.63, 3.8) is 0 Å². The predicted octanol–water partition coefficient (Wildman–Crippen LogP) is 1.23. The van der Waals surface area contributed by atoms with E-state index in [-0.39, 0.29) is 23.4 Å². The van der Waals surface area contributed by atoms with Crippen LogP contribution in [0, 0.1) is 5.92 Å². The highest BCUT2D eigenvalue weighted by molar-refractivity contribution is 5.94. The summed E-state index contributed by atoms with van der Waals surface area (Å²) in [4.78, 5) is 17.4. The first-order valence-corrected chi connectivity index (χ1v) is 6.08. The number of carbonyl (C=O) groups is 1. The van der Waals surface area contributed by atoms with Crippen LogP contribution < -0.4 is 5.73 Å². The first-order valence-electron chi connectivity index (χ1n) is 6.08. The van der Waals surface area contributed by atoms with Crippen LogP contribution in [0.5, 0.6) is 5.75 Å². The quantitative estimate of drug-likeness (QED) is 0.825. The molecular weight excluding hydrogens is 230 g/mol. The molecule has 1 amide bonds. The van der Waals surface area contributed by atoms with Crippen molar-refractivity contribution in [3.8, 4) is 5.75 Å². The SMILES string of the molecule is CC(C)C(N)CCN(C)C(=O)c1ncccc1O. The Bertz CT molecular complexity index is 407. The summed E-state index contributed by atoms with van der Waals surface area (Å²) in [6, 6.07) is 3.10. The van der Waals surface area contributed by atoms with Crippen molar-refractivity contribution in [2.45, 2.75) is 26.3 Å². The summed E-state index contributed by atoms with van der Waals surface area (Å²) in [6.07, 6.45) is 2.22. The van der Waals surface area contributed by atoms with Crippen molar-refractivity contribution in [1.29, 1.82) is 0 Å². The second-order valence-electron chi connectivity index (χ2n) is 4.79. The third-order valence-corrected chi connectivity index (χ3v) is 2.99. The van der Waals surface area contributed by atoms with Crippen LogP contribution in [0.1, 0.15) is 30.8 Å². The van der Waals surface area contributed by atoms with Gasteiger partial charge in [-0.05, 0) is 24.5 Å². The zero-order chi connectivity index (χ0) is 13.7. The molecule has 5 nitrogen and oxygen atoms in total. The van der Waals surface area contributed by atoms with Crippen molar-refractivity contribution in [1.82, 2.24) is 9.88 Å². The van der Waals surface area contributed by atoms with E-state index in [4.69, 9.17) is 5.73 Å². The number of aromatic hydroxyl groups is 1. The van der Waals surface area contributed by atoms with Crippen LogP contribution in [0.25, 0.3) is 0 Å². The maximum absolute atomic E-state index is 12.0. The van der Waals surface area contributed by atoms with Gasteiger partial charge in [0.2, 0.25) is 0 Å². The maximum atomic E-state index is 12.0. The molecule has 0 aromatic carbocycles. The van der Waals surface area contributed by atoms with E-state index in [0.717, 1.165) is 6.42 Å². The first-order chi connectivity index (χ1) is 8.43. The summed E-state index contributed by atoms with van der Waals surface area (Å²) in [5.74, 6) is 0.00307. The van der Waals surface area contributed by atoms with Gasteiger partial charge in [-0.3, -0.25) is 4.79 Å². The lowest BCUT2D eigenvalue weighted by atomic mass is 10.0. The Kier molecular flexibility index (Phi) is 5.09. The van der Waals surface area contributed by atoms with E-state index in [9.17, 15) is 9.90 Å². The number of pyridine rings is 1. The molecule has 0 fully saturated rings. The monoisotopic (exact) mass is 251 g/mol. The lowest BCUT2D eigenvalue weighted by molar-refractivity contribution is 0.0780. The summed E-state index contributed by atoms with van der Waals surface area (Å²) in [6.45, 7) is 4.66. The van der Waals surface area contributed by atoms with E-state index in [1.54, 1.807) is 13.1 Å². The van der Waals surface area contributed by atoms with Gasteiger partial charge in [-0.1, -0.05) is 13.8 Å². The Hall–Kier alpha value is -1.62. The molecule has 1 heterocycles. The second-order valence-corrected chi connectivity index (χ2v) is 4.79. The zero-order valence-corrected chi connectivity index (χ0v) is 11.1. The van der Waals surface area contributed by atoms with Crippen LogP contribution in [0.15, 0.2) is 18.3 Å². The summed E-state index contributed by atoms with van der Waals surface area (Å²) in [5.41, 5.74) is 6.01. The number of hydrogen-bond donors (Lipinski definition) is 2. The highest BCUT2D eigenvalue weighted by Crippen LogP contribution is 2.15. The van der Waals surface area contributed by atoms with Gasteiger partial charge in [0.15, 0.2) is 5.69 Å². The molecule has 0 saturated carbocycles. The Morgan fingerprint density at radius 2 is 2.22 bits per heavy atom. The van der Waals surface area contributed by atoms with Gasteiger partial charge in [-0.25, -0.2) is 4.98 Å². The number of aromatic nitrogens is 1. The fourth-order valence-electron chi connectivity index (χ4n) is 1.52. The van der Waals surface area contributed by atoms with Crippen molar-refractivity contribution in [2.24, 2.45) is 11.7 Å². The van der Waals surface area contributed by atoms with Crippen molar-refractivity contribution >= 4 is 5.91 Å². The van der Waals surface area contributed by atoms with Crippen LogP contribution in [-0.2, 0) is 0 Å². The Morgan fingerprint density at radius 1 is 1.56 bits per heavy atom. The fraction of sp³-hybridized carbons (Fsp3) is 0.538. The standard InChI is InChI=1S/C13H21N3O2/c1-9(2)10(14)6-8-16(3)13(18)12-11(17)5-4-7-15-12/h4-5,7,9-10,17H,6,8,14H2,1-3H3. The minimum absolute atomic E-state index is 0.0672. The molecule has 1 aromatic heterocycles. The molecule has 3 N–H and O–H groups in total. The summed E-state index contributed by atoms with van der Waals surface area (Å²) < 4.78 is 0. The van der Waals surface area contributed by atoms with Gasteiger partial charge in [0.25, 0.3) is 5.91 Å². The Balaban J connectivity index is 2.60. The van der Waals surface area contributed by atoms with Gasteiger partial charge < -0.3 is 15.7 Å². The normalized spacial score (nSPS) is 12.5. The van der Waals surface area contributed by atoms with Crippen LogP contribution >= 0.6 is 0 Å². The molecule has 0 spiro atoms. The largest absolute Gasteiger partial charge is 0.505 e. The fourth-order valence-corrected chi connectivity index (χ4v) is 1.52. The van der Waals surface area contributed by atoms with Crippen LogP contribution in [0.2, 0.25) is 0 Å². The van der Waals surface area contributed by atoms with Crippen molar-refractivity contribution in [2.75, 3.05) is 13.6 Å². The van der Waals surface area contributed by atoms with E-state index in [2.05, 4.69) is 18.8 Å². The highest BCUT2D eigenvalue weighted by atomic mass is 16.3. The van der Waals surface area contributed by atoms with E-state index >= 15 is 0 Å². The molecule has 0 bridgehead atoms. The number of nitrogens with two attached hydrogens (primary N) is 1. The van der Waals surface area contributed by atoms with Gasteiger partial charge in [0.1, 0.15) is 5.75 Å². The average molecular weight is 251 g/mol. The van der Waals surface area contributed by atoms with Gasteiger partial charge in [0, 0.05) is 25.8 Å². The van der Waals surface area contributed by atoms with E-state index in [1.165, 1.54) is 17.2 Å². The van der Waals surface area contributed by atoms with Gasteiger partial charge in [-0.2, -0.15) is 0 Å². The van der Waals surface area contributed by atoms with Gasteiger partial charge in [0.05, 0.1) is 0 Å². The third-order valence-electron chi connectivity index (χ3n) is 2.99. The predicted molar refractivity (Wildman–Crippen MR) is 70.3 cm³/mol. The first kappa shape index (κ1) is 14.4. The average Bonchev–Trinajstić information content (AvgIpc) is 2.35. The molecular formula is C13H21N3O2. The molecule has 0 radical (unpaired) electrons. The molecule has 18 heavy (non-hydrogen) atoms. The molecule has 1 unspecified atom stereocenters. The van der Waals surface area contributed by atoms with Crippen LogP contribution in [0.3, 0.4) is 0 Å². The zero-order valence-electron chi connectivity index (χ0n) is 11.1. The summed E-state index contributed by atoms with van der Waals surface area (Å²) in [7, 11) is 1.68. The number of rotatable bonds is 5. The summed E-state index contributed by atoms with van der Waals surface area (Å²) in [5, 5.41) is 9.56. The molecule has 0 aliphatic rings. The minimum Gasteiger partial charge on any atom is -0.505 e. The molecule has 1 atom stereocenters. The number of amides is 1. The molecule has 0 saturated heterocycles. The molecule has 0 aliphatic heterocycles. The number of hydrogen-bond acceptors (Lipinski definition) is 4.